The topological polar surface area (TPSA) is 58.4 Å². The molecule has 0 unspecified atom stereocenters. The molecule has 2 rings (SSSR count). The number of nitrogens with zero attached hydrogens (tertiary/aromatic N) is 1. The summed E-state index contributed by atoms with van der Waals surface area (Å²) in [7, 11) is 0. The molecular formula is C17H21N3O. The molecule has 4 heteroatoms. The number of hydrogen-bond donors (Lipinski definition) is 2. The van der Waals surface area contributed by atoms with Gasteiger partial charge in [0.1, 0.15) is 0 Å². The third-order valence-corrected chi connectivity index (χ3v) is 3.12. The molecule has 0 saturated heterocycles. The Kier molecular flexibility index (Phi) is 5.21. The maximum absolute atomic E-state index is 12.2. The Bertz CT molecular complexity index is 584. The predicted molar refractivity (Wildman–Crippen MR) is 88.4 cm³/mol. The molecule has 2 aromatic carbocycles. The summed E-state index contributed by atoms with van der Waals surface area (Å²) in [4.78, 5) is 14.2. The molecule has 0 heterocycles. The van der Waals surface area contributed by atoms with Gasteiger partial charge in [-0.15, -0.1) is 0 Å². The van der Waals surface area contributed by atoms with Crippen molar-refractivity contribution in [3.8, 4) is 0 Å². The summed E-state index contributed by atoms with van der Waals surface area (Å²) in [6.07, 6.45) is 0.966. The van der Waals surface area contributed by atoms with E-state index in [-0.39, 0.29) is 5.91 Å². The predicted octanol–water partition coefficient (Wildman–Crippen LogP) is 3.12. The fourth-order valence-corrected chi connectivity index (χ4v) is 2.19. The van der Waals surface area contributed by atoms with Gasteiger partial charge in [-0.2, -0.15) is 0 Å². The molecule has 0 saturated carbocycles. The molecule has 2 aromatic rings. The molecule has 0 spiro atoms. The highest BCUT2D eigenvalue weighted by Crippen LogP contribution is 2.18. The number of rotatable bonds is 6. The van der Waals surface area contributed by atoms with E-state index < -0.39 is 0 Å². The van der Waals surface area contributed by atoms with Crippen molar-refractivity contribution < 1.29 is 4.79 Å². The molecule has 0 aromatic heterocycles. The summed E-state index contributed by atoms with van der Waals surface area (Å²) < 4.78 is 0. The molecule has 0 aliphatic heterocycles. The van der Waals surface area contributed by atoms with E-state index in [0.29, 0.717) is 12.2 Å². The van der Waals surface area contributed by atoms with Crippen LogP contribution in [-0.4, -0.2) is 19.0 Å². The van der Waals surface area contributed by atoms with Crippen LogP contribution in [0.15, 0.2) is 54.6 Å². The number of amides is 1. The number of nitrogens with two attached hydrogens (primary N) is 1. The Morgan fingerprint density at radius 3 is 2.57 bits per heavy atom. The second kappa shape index (κ2) is 7.33. The van der Waals surface area contributed by atoms with Crippen molar-refractivity contribution in [3.05, 3.63) is 54.6 Å². The Morgan fingerprint density at radius 1 is 1.14 bits per heavy atom. The number of nitrogens with one attached hydrogen (secondary N) is 1. The highest BCUT2D eigenvalue weighted by molar-refractivity contribution is 5.94. The van der Waals surface area contributed by atoms with Crippen molar-refractivity contribution in [1.82, 2.24) is 0 Å². The van der Waals surface area contributed by atoms with E-state index in [4.69, 9.17) is 5.73 Å². The van der Waals surface area contributed by atoms with Crippen LogP contribution in [0.4, 0.5) is 17.1 Å². The maximum atomic E-state index is 12.2. The van der Waals surface area contributed by atoms with Gasteiger partial charge in [-0.25, -0.2) is 0 Å². The highest BCUT2D eigenvalue weighted by atomic mass is 16.2. The second-order valence-corrected chi connectivity index (χ2v) is 4.93. The lowest BCUT2D eigenvalue weighted by Crippen LogP contribution is -2.33. The first-order valence-electron chi connectivity index (χ1n) is 7.14. The summed E-state index contributed by atoms with van der Waals surface area (Å²) >= 11 is 0. The average molecular weight is 283 g/mol. The quantitative estimate of drug-likeness (QED) is 0.801. The van der Waals surface area contributed by atoms with E-state index in [9.17, 15) is 4.79 Å². The Hall–Kier alpha value is -2.49. The minimum absolute atomic E-state index is 0.0305. The molecule has 1 amide bonds. The van der Waals surface area contributed by atoms with Crippen LogP contribution in [0.3, 0.4) is 0 Å². The zero-order chi connectivity index (χ0) is 15.1. The van der Waals surface area contributed by atoms with Crippen molar-refractivity contribution in [2.24, 2.45) is 0 Å². The van der Waals surface area contributed by atoms with Gasteiger partial charge >= 0.3 is 0 Å². The first-order chi connectivity index (χ1) is 10.2. The normalized spacial score (nSPS) is 10.1. The van der Waals surface area contributed by atoms with Crippen LogP contribution in [0, 0.1) is 0 Å². The molecule has 0 aliphatic carbocycles. The number of para-hydroxylation sites is 1. The minimum atomic E-state index is -0.0305. The highest BCUT2D eigenvalue weighted by Gasteiger charge is 2.11. The number of carbonyl (C=O) groups excluding carboxylic acids is 1. The van der Waals surface area contributed by atoms with E-state index in [0.717, 1.165) is 24.3 Å². The molecule has 0 atom stereocenters. The van der Waals surface area contributed by atoms with Gasteiger partial charge in [0.2, 0.25) is 5.91 Å². The third kappa shape index (κ3) is 4.53. The van der Waals surface area contributed by atoms with E-state index in [1.54, 1.807) is 0 Å². The molecule has 4 nitrogen and oxygen atoms in total. The molecule has 0 bridgehead atoms. The SMILES string of the molecule is CCCN(CC(=O)Nc1ccccc1)c1cccc(N)c1. The second-order valence-electron chi connectivity index (χ2n) is 4.93. The molecular weight excluding hydrogens is 262 g/mol. The van der Waals surface area contributed by atoms with Crippen molar-refractivity contribution >= 4 is 23.0 Å². The van der Waals surface area contributed by atoms with Crippen LogP contribution >= 0.6 is 0 Å². The summed E-state index contributed by atoms with van der Waals surface area (Å²) in [5.41, 5.74) is 8.31. The molecule has 3 N–H and O–H groups in total. The molecule has 0 radical (unpaired) electrons. The van der Waals surface area contributed by atoms with Crippen LogP contribution in [0.5, 0.6) is 0 Å². The lowest BCUT2D eigenvalue weighted by Gasteiger charge is -2.24. The van der Waals surface area contributed by atoms with Crippen molar-refractivity contribution in [1.29, 1.82) is 0 Å². The number of anilines is 3. The minimum Gasteiger partial charge on any atom is -0.399 e. The van der Waals surface area contributed by atoms with Gasteiger partial charge in [-0.1, -0.05) is 31.2 Å². The van der Waals surface area contributed by atoms with E-state index >= 15 is 0 Å². The molecule has 110 valence electrons. The van der Waals surface area contributed by atoms with Gasteiger partial charge in [0.25, 0.3) is 0 Å². The van der Waals surface area contributed by atoms with Crippen LogP contribution in [0.2, 0.25) is 0 Å². The standard InChI is InChI=1S/C17H21N3O/c1-2-11-20(16-10-6-7-14(18)12-16)13-17(21)19-15-8-4-3-5-9-15/h3-10,12H,2,11,13,18H2,1H3,(H,19,21). The van der Waals surface area contributed by atoms with Gasteiger partial charge < -0.3 is 16.0 Å². The van der Waals surface area contributed by atoms with Crippen LogP contribution in [0.1, 0.15) is 13.3 Å². The lowest BCUT2D eigenvalue weighted by molar-refractivity contribution is -0.115. The summed E-state index contributed by atoms with van der Waals surface area (Å²) in [5, 5.41) is 2.90. The third-order valence-electron chi connectivity index (χ3n) is 3.12. The Morgan fingerprint density at radius 2 is 1.90 bits per heavy atom. The van der Waals surface area contributed by atoms with E-state index in [2.05, 4.69) is 12.2 Å². The molecule has 21 heavy (non-hydrogen) atoms. The smallest absolute Gasteiger partial charge is 0.243 e. The van der Waals surface area contributed by atoms with Gasteiger partial charge in [0.05, 0.1) is 6.54 Å². The van der Waals surface area contributed by atoms with Gasteiger partial charge in [0.15, 0.2) is 0 Å². The van der Waals surface area contributed by atoms with Gasteiger partial charge in [-0.3, -0.25) is 4.79 Å². The Labute approximate surface area is 125 Å². The monoisotopic (exact) mass is 283 g/mol. The zero-order valence-corrected chi connectivity index (χ0v) is 12.3. The van der Waals surface area contributed by atoms with Crippen molar-refractivity contribution in [2.75, 3.05) is 29.0 Å². The first kappa shape index (κ1) is 14.9. The van der Waals surface area contributed by atoms with E-state index in [1.165, 1.54) is 0 Å². The summed E-state index contributed by atoms with van der Waals surface area (Å²) in [6.45, 7) is 3.21. The Balaban J connectivity index is 2.04. The number of benzene rings is 2. The fourth-order valence-electron chi connectivity index (χ4n) is 2.19. The van der Waals surface area contributed by atoms with Crippen LogP contribution in [0.25, 0.3) is 0 Å². The maximum Gasteiger partial charge on any atom is 0.243 e. The first-order valence-corrected chi connectivity index (χ1v) is 7.14. The van der Waals surface area contributed by atoms with Crippen LogP contribution < -0.4 is 16.0 Å². The van der Waals surface area contributed by atoms with Crippen molar-refractivity contribution in [3.63, 3.8) is 0 Å². The largest absolute Gasteiger partial charge is 0.399 e. The fraction of sp³-hybridized carbons (Fsp3) is 0.235. The number of nitrogen functional groups attached to an aromatic ring is 1. The summed E-state index contributed by atoms with van der Waals surface area (Å²) in [5.74, 6) is -0.0305. The number of carbonyl (C=O) groups is 1. The van der Waals surface area contributed by atoms with Crippen molar-refractivity contribution in [2.45, 2.75) is 13.3 Å². The number of hydrogen-bond acceptors (Lipinski definition) is 3. The van der Waals surface area contributed by atoms with Gasteiger partial charge in [-0.05, 0) is 36.8 Å². The molecule has 0 aliphatic rings. The molecule has 0 fully saturated rings. The lowest BCUT2D eigenvalue weighted by atomic mass is 10.2. The summed E-state index contributed by atoms with van der Waals surface area (Å²) in [6, 6.07) is 17.1. The van der Waals surface area contributed by atoms with Gasteiger partial charge in [0, 0.05) is 23.6 Å². The van der Waals surface area contributed by atoms with E-state index in [1.807, 2.05) is 59.5 Å². The van der Waals surface area contributed by atoms with Crippen LogP contribution in [-0.2, 0) is 4.79 Å². The average Bonchev–Trinajstić information content (AvgIpc) is 2.48. The zero-order valence-electron chi connectivity index (χ0n) is 12.3.